The number of methoxy groups -OCH3 is 1. The third kappa shape index (κ3) is 7.70. The SMILES string of the molecule is CNC(=O)c1ccccc1Nc1nc(Nc2ccc(C(OC)[P+](=O)OC(C)C(C)O)cc2)ncc1C(F)(F)F. The van der Waals surface area contributed by atoms with Gasteiger partial charge in [0.05, 0.1) is 17.4 Å². The van der Waals surface area contributed by atoms with Gasteiger partial charge in [0.25, 0.3) is 5.91 Å². The van der Waals surface area contributed by atoms with E-state index in [4.69, 9.17) is 9.26 Å². The van der Waals surface area contributed by atoms with Crippen LogP contribution < -0.4 is 16.0 Å². The third-order valence-electron chi connectivity index (χ3n) is 5.56. The molecule has 208 valence electrons. The van der Waals surface area contributed by atoms with Crippen LogP contribution in [0, 0.1) is 0 Å². The number of para-hydroxylation sites is 1. The first-order chi connectivity index (χ1) is 18.4. The Labute approximate surface area is 223 Å². The number of ether oxygens (including phenoxy) is 1. The number of carbonyl (C=O) groups excluding carboxylic acids is 1. The lowest BCUT2D eigenvalue weighted by atomic mass is 10.1. The molecule has 1 heterocycles. The van der Waals surface area contributed by atoms with E-state index in [-0.39, 0.29) is 17.2 Å². The average Bonchev–Trinajstić information content (AvgIpc) is 2.89. The van der Waals surface area contributed by atoms with Crippen LogP contribution in [-0.4, -0.2) is 47.3 Å². The lowest BCUT2D eigenvalue weighted by Crippen LogP contribution is -2.20. The maximum Gasteiger partial charge on any atom is 0.546 e. The Bertz CT molecular complexity index is 1310. The molecule has 3 aromatic rings. The summed E-state index contributed by atoms with van der Waals surface area (Å²) in [5, 5.41) is 17.5. The molecule has 0 fully saturated rings. The van der Waals surface area contributed by atoms with Crippen molar-refractivity contribution in [3.05, 3.63) is 71.4 Å². The Morgan fingerprint density at radius 1 is 1.08 bits per heavy atom. The van der Waals surface area contributed by atoms with Crippen LogP contribution in [0.5, 0.6) is 0 Å². The number of alkyl halides is 3. The number of nitrogens with one attached hydrogen (secondary N) is 3. The Kier molecular flexibility index (Phi) is 9.92. The minimum Gasteiger partial charge on any atom is -0.391 e. The molecule has 0 saturated carbocycles. The highest BCUT2D eigenvalue weighted by Crippen LogP contribution is 2.44. The number of hydrogen-bond donors (Lipinski definition) is 4. The van der Waals surface area contributed by atoms with E-state index in [1.807, 2.05) is 0 Å². The number of aliphatic hydroxyl groups is 1. The number of anilines is 4. The largest absolute Gasteiger partial charge is 0.546 e. The van der Waals surface area contributed by atoms with Gasteiger partial charge >= 0.3 is 20.0 Å². The van der Waals surface area contributed by atoms with Crippen molar-refractivity contribution in [2.75, 3.05) is 24.8 Å². The number of nitrogens with zero attached hydrogens (tertiary/aromatic N) is 2. The fourth-order valence-electron chi connectivity index (χ4n) is 3.31. The zero-order chi connectivity index (χ0) is 28.7. The monoisotopic (exact) mass is 566 g/mol. The standard InChI is InChI=1S/C25H27F3N5O5P/c1-14(34)15(2)38-39(36)23(37-4)16-9-11-17(12-10-16)31-24-30-13-19(25(26,27)28)21(33-24)32-20-8-6-5-7-18(20)22(35)29-3/h5-15,23,34H,1-4H3,(H2-,29,30,31,32,33,35)/p+1. The first-order valence-corrected chi connectivity index (χ1v) is 12.9. The van der Waals surface area contributed by atoms with Crippen LogP contribution in [-0.2, 0) is 20.0 Å². The molecule has 0 saturated heterocycles. The highest BCUT2D eigenvalue weighted by Gasteiger charge is 2.38. The molecule has 14 heteroatoms. The minimum atomic E-state index is -4.76. The van der Waals surface area contributed by atoms with E-state index < -0.39 is 49.5 Å². The fraction of sp³-hybridized carbons (Fsp3) is 0.320. The maximum atomic E-state index is 13.7. The van der Waals surface area contributed by atoms with Gasteiger partial charge in [0.2, 0.25) is 5.95 Å². The number of hydrogen-bond acceptors (Lipinski definition) is 9. The molecule has 0 bridgehead atoms. The molecule has 1 amide bonds. The van der Waals surface area contributed by atoms with E-state index in [0.717, 1.165) is 0 Å². The second-order valence-corrected chi connectivity index (χ2v) is 9.63. The topological polar surface area (TPSA) is 135 Å². The number of aromatic nitrogens is 2. The predicted molar refractivity (Wildman–Crippen MR) is 139 cm³/mol. The predicted octanol–water partition coefficient (Wildman–Crippen LogP) is 5.52. The van der Waals surface area contributed by atoms with Gasteiger partial charge in [-0.3, -0.25) is 4.79 Å². The maximum absolute atomic E-state index is 13.7. The summed E-state index contributed by atoms with van der Waals surface area (Å²) in [4.78, 5) is 20.0. The number of carbonyl (C=O) groups is 1. The summed E-state index contributed by atoms with van der Waals surface area (Å²) >= 11 is 0. The van der Waals surface area contributed by atoms with Crippen LogP contribution in [0.1, 0.15) is 41.2 Å². The van der Waals surface area contributed by atoms with Gasteiger partial charge in [-0.25, -0.2) is 4.98 Å². The van der Waals surface area contributed by atoms with Crippen LogP contribution in [0.2, 0.25) is 0 Å². The Balaban J connectivity index is 1.85. The van der Waals surface area contributed by atoms with Crippen molar-refractivity contribution in [1.82, 2.24) is 15.3 Å². The summed E-state index contributed by atoms with van der Waals surface area (Å²) in [7, 11) is 0.456. The number of rotatable bonds is 11. The molecule has 10 nitrogen and oxygen atoms in total. The molecular formula is C25H28F3N5O5P+. The molecule has 0 radical (unpaired) electrons. The summed E-state index contributed by atoms with van der Waals surface area (Å²) in [5.74, 6) is -2.08. The van der Waals surface area contributed by atoms with Crippen LogP contribution >= 0.6 is 8.03 Å². The normalized spacial score (nSPS) is 14.2. The van der Waals surface area contributed by atoms with E-state index in [1.165, 1.54) is 33.2 Å². The lowest BCUT2D eigenvalue weighted by molar-refractivity contribution is -0.137. The van der Waals surface area contributed by atoms with Gasteiger partial charge in [-0.15, -0.1) is 4.52 Å². The van der Waals surface area contributed by atoms with Crippen molar-refractivity contribution >= 4 is 37.1 Å². The van der Waals surface area contributed by atoms with Crippen molar-refractivity contribution in [3.63, 3.8) is 0 Å². The van der Waals surface area contributed by atoms with Crippen molar-refractivity contribution in [3.8, 4) is 0 Å². The number of amides is 1. The number of benzene rings is 2. The summed E-state index contributed by atoms with van der Waals surface area (Å²) in [6, 6.07) is 12.4. The molecule has 2 aromatic carbocycles. The highest BCUT2D eigenvalue weighted by atomic mass is 31.1. The second-order valence-electron chi connectivity index (χ2n) is 8.37. The van der Waals surface area contributed by atoms with E-state index in [2.05, 4.69) is 25.9 Å². The van der Waals surface area contributed by atoms with Gasteiger partial charge in [0.15, 0.2) is 0 Å². The molecule has 4 atom stereocenters. The Morgan fingerprint density at radius 2 is 1.74 bits per heavy atom. The van der Waals surface area contributed by atoms with Gasteiger partial charge < -0.3 is 25.8 Å². The molecule has 0 aliphatic carbocycles. The summed E-state index contributed by atoms with van der Waals surface area (Å²) in [6.45, 7) is 3.10. The second kappa shape index (κ2) is 12.9. The fourth-order valence-corrected chi connectivity index (χ4v) is 4.51. The van der Waals surface area contributed by atoms with E-state index in [0.29, 0.717) is 17.4 Å². The summed E-state index contributed by atoms with van der Waals surface area (Å²) in [5.41, 5.74) is 0.0909. The number of halogens is 3. The molecule has 0 aliphatic rings. The van der Waals surface area contributed by atoms with Gasteiger partial charge in [-0.2, -0.15) is 18.2 Å². The minimum absolute atomic E-state index is 0.128. The van der Waals surface area contributed by atoms with Crippen molar-refractivity contribution in [2.24, 2.45) is 0 Å². The Hall–Kier alpha value is -3.64. The average molecular weight is 566 g/mol. The number of aliphatic hydroxyl groups excluding tert-OH is 1. The van der Waals surface area contributed by atoms with Gasteiger partial charge in [-0.1, -0.05) is 12.1 Å². The third-order valence-corrected chi connectivity index (χ3v) is 6.99. The van der Waals surface area contributed by atoms with Crippen LogP contribution in [0.15, 0.2) is 54.7 Å². The molecular weight excluding hydrogens is 538 g/mol. The molecule has 0 spiro atoms. The van der Waals surface area contributed by atoms with E-state index >= 15 is 0 Å². The van der Waals surface area contributed by atoms with Gasteiger partial charge in [0.1, 0.15) is 17.5 Å². The lowest BCUT2D eigenvalue weighted by Gasteiger charge is -2.16. The molecule has 0 aliphatic heterocycles. The summed E-state index contributed by atoms with van der Waals surface area (Å²) in [6.07, 6.45) is -5.62. The quantitative estimate of drug-likeness (QED) is 0.222. The van der Waals surface area contributed by atoms with Crippen LogP contribution in [0.25, 0.3) is 0 Å². The first kappa shape index (κ1) is 29.9. The highest BCUT2D eigenvalue weighted by molar-refractivity contribution is 7.39. The Morgan fingerprint density at radius 3 is 2.33 bits per heavy atom. The van der Waals surface area contributed by atoms with Crippen molar-refractivity contribution in [1.29, 1.82) is 0 Å². The van der Waals surface area contributed by atoms with E-state index in [9.17, 15) is 27.6 Å². The molecule has 4 N–H and O–H groups in total. The van der Waals surface area contributed by atoms with Crippen molar-refractivity contribution < 1.29 is 36.9 Å². The molecule has 1 aromatic heterocycles. The van der Waals surface area contributed by atoms with Crippen molar-refractivity contribution in [2.45, 2.75) is 38.1 Å². The van der Waals surface area contributed by atoms with Crippen LogP contribution in [0.4, 0.5) is 36.3 Å². The van der Waals surface area contributed by atoms with E-state index in [1.54, 1.807) is 43.3 Å². The zero-order valence-corrected chi connectivity index (χ0v) is 22.4. The molecule has 4 unspecified atom stereocenters. The zero-order valence-electron chi connectivity index (χ0n) is 21.5. The van der Waals surface area contributed by atoms with Gasteiger partial charge in [-0.05, 0) is 54.8 Å². The smallest absolute Gasteiger partial charge is 0.391 e. The summed E-state index contributed by atoms with van der Waals surface area (Å²) < 4.78 is 64.3. The molecule has 3 rings (SSSR count). The first-order valence-electron chi connectivity index (χ1n) is 11.7. The van der Waals surface area contributed by atoms with Gasteiger partial charge in [0, 0.05) is 31.6 Å². The molecule has 39 heavy (non-hydrogen) atoms. The van der Waals surface area contributed by atoms with Crippen LogP contribution in [0.3, 0.4) is 0 Å².